The van der Waals surface area contributed by atoms with Gasteiger partial charge in [0.25, 0.3) is 0 Å². The third kappa shape index (κ3) is 1.70. The summed E-state index contributed by atoms with van der Waals surface area (Å²) >= 11 is 0. The van der Waals surface area contributed by atoms with Crippen molar-refractivity contribution in [1.29, 1.82) is 0 Å². The molecule has 3 aliphatic rings. The molecule has 4 atom stereocenters. The lowest BCUT2D eigenvalue weighted by Gasteiger charge is -2.44. The monoisotopic (exact) mass is 350 g/mol. The predicted octanol–water partition coefficient (Wildman–Crippen LogP) is 3.85. The van der Waals surface area contributed by atoms with Crippen molar-refractivity contribution in [2.75, 3.05) is 6.61 Å². The highest BCUT2D eigenvalue weighted by Gasteiger charge is 2.81. The zero-order chi connectivity index (χ0) is 17.3. The Labute approximate surface area is 150 Å². The van der Waals surface area contributed by atoms with Crippen LogP contribution in [0.15, 0.2) is 60.7 Å². The van der Waals surface area contributed by atoms with E-state index in [1.165, 1.54) is 10.6 Å². The minimum atomic E-state index is -0.884. The van der Waals surface area contributed by atoms with Crippen LogP contribution < -0.4 is 10.6 Å². The van der Waals surface area contributed by atoms with Crippen LogP contribution in [0.4, 0.5) is 0 Å². The Morgan fingerprint density at radius 2 is 1.52 bits per heavy atom. The normalized spacial score (nSPS) is 38.7. The quantitative estimate of drug-likeness (QED) is 0.786. The third-order valence-electron chi connectivity index (χ3n) is 7.21. The standard InChI is InChI=1S/C22H23O2P/c1-20-14-13-18-21(20,2)15-24-22(18,19(20)23)25(16-9-5-3-6-10-16)17-11-7-4-8-12-17/h3-12,18H,13-15H2,1-2H3. The second-order valence-corrected chi connectivity index (χ2v) is 10.5. The van der Waals surface area contributed by atoms with Gasteiger partial charge in [0, 0.05) is 16.7 Å². The Balaban J connectivity index is 1.75. The van der Waals surface area contributed by atoms with E-state index in [2.05, 4.69) is 62.4 Å². The van der Waals surface area contributed by atoms with Gasteiger partial charge in [-0.05, 0) is 31.4 Å². The summed E-state index contributed by atoms with van der Waals surface area (Å²) in [5, 5.41) is 1.86. The Morgan fingerprint density at radius 1 is 0.960 bits per heavy atom. The molecule has 0 amide bonds. The highest BCUT2D eigenvalue weighted by atomic mass is 31.1. The van der Waals surface area contributed by atoms with E-state index in [0.29, 0.717) is 11.7 Å². The first-order valence-corrected chi connectivity index (χ1v) is 10.5. The maximum absolute atomic E-state index is 13.8. The molecule has 2 aromatic carbocycles. The molecule has 0 aromatic heterocycles. The summed E-state index contributed by atoms with van der Waals surface area (Å²) in [5.74, 6) is 0.702. The first kappa shape index (κ1) is 15.7. The topological polar surface area (TPSA) is 26.3 Å². The highest BCUT2D eigenvalue weighted by Crippen LogP contribution is 2.78. The fourth-order valence-electron chi connectivity index (χ4n) is 5.67. The van der Waals surface area contributed by atoms with Crippen molar-refractivity contribution in [2.24, 2.45) is 16.7 Å². The number of ketones is 1. The summed E-state index contributed by atoms with van der Waals surface area (Å²) in [7, 11) is -0.884. The molecule has 2 nitrogen and oxygen atoms in total. The van der Waals surface area contributed by atoms with Gasteiger partial charge in [-0.25, -0.2) is 0 Å². The van der Waals surface area contributed by atoms with Gasteiger partial charge < -0.3 is 4.74 Å². The van der Waals surface area contributed by atoms with Crippen LogP contribution in [-0.2, 0) is 9.53 Å². The van der Waals surface area contributed by atoms with E-state index in [0.717, 1.165) is 19.4 Å². The maximum atomic E-state index is 13.8. The van der Waals surface area contributed by atoms with Crippen LogP contribution in [0.2, 0.25) is 0 Å². The van der Waals surface area contributed by atoms with Gasteiger partial charge in [-0.2, -0.15) is 0 Å². The Bertz CT molecular complexity index is 796. The third-order valence-corrected chi connectivity index (χ3v) is 10.2. The van der Waals surface area contributed by atoms with Gasteiger partial charge in [0.05, 0.1) is 6.61 Å². The summed E-state index contributed by atoms with van der Waals surface area (Å²) < 4.78 is 6.50. The molecule has 25 heavy (non-hydrogen) atoms. The van der Waals surface area contributed by atoms with Crippen molar-refractivity contribution >= 4 is 24.3 Å². The molecule has 0 radical (unpaired) electrons. The maximum Gasteiger partial charge on any atom is 0.176 e. The fourth-order valence-corrected chi connectivity index (χ4v) is 9.05. The van der Waals surface area contributed by atoms with Crippen LogP contribution in [-0.4, -0.2) is 17.7 Å². The SMILES string of the molecule is CC12CCC3C(P(c4ccccc4)c4ccccc4)(OCC31C)C2=O. The smallest absolute Gasteiger partial charge is 0.176 e. The van der Waals surface area contributed by atoms with Gasteiger partial charge >= 0.3 is 0 Å². The number of hydrogen-bond acceptors (Lipinski definition) is 2. The zero-order valence-corrected chi connectivity index (χ0v) is 15.6. The average Bonchev–Trinajstić information content (AvgIpc) is 3.14. The average molecular weight is 350 g/mol. The van der Waals surface area contributed by atoms with Gasteiger partial charge in [0.1, 0.15) is 0 Å². The van der Waals surface area contributed by atoms with E-state index in [9.17, 15) is 4.79 Å². The van der Waals surface area contributed by atoms with Crippen molar-refractivity contribution in [3.8, 4) is 0 Å². The lowest BCUT2D eigenvalue weighted by Crippen LogP contribution is -2.52. The van der Waals surface area contributed by atoms with E-state index in [4.69, 9.17) is 4.74 Å². The molecule has 4 bridgehead atoms. The van der Waals surface area contributed by atoms with E-state index < -0.39 is 13.3 Å². The molecule has 3 heteroatoms. The summed E-state index contributed by atoms with van der Waals surface area (Å²) in [4.78, 5) is 13.8. The minimum Gasteiger partial charge on any atom is -0.361 e. The van der Waals surface area contributed by atoms with Gasteiger partial charge in [0.15, 0.2) is 11.1 Å². The molecule has 2 aliphatic carbocycles. The lowest BCUT2D eigenvalue weighted by molar-refractivity contribution is -0.150. The van der Waals surface area contributed by atoms with Crippen LogP contribution in [0.25, 0.3) is 0 Å². The molecule has 3 fully saturated rings. The molecule has 1 aliphatic heterocycles. The number of carbonyl (C=O) groups is 1. The molecule has 0 N–H and O–H groups in total. The van der Waals surface area contributed by atoms with Crippen LogP contribution >= 0.6 is 7.92 Å². The first-order chi connectivity index (χ1) is 12.0. The van der Waals surface area contributed by atoms with E-state index in [-0.39, 0.29) is 10.8 Å². The molecule has 1 saturated heterocycles. The number of benzene rings is 2. The zero-order valence-electron chi connectivity index (χ0n) is 14.7. The molecule has 5 rings (SSSR count). The van der Waals surface area contributed by atoms with E-state index in [1.54, 1.807) is 0 Å². The molecule has 0 spiro atoms. The Hall–Kier alpha value is -1.50. The molecular weight excluding hydrogens is 327 g/mol. The predicted molar refractivity (Wildman–Crippen MR) is 102 cm³/mol. The molecule has 2 saturated carbocycles. The van der Waals surface area contributed by atoms with Gasteiger partial charge in [0.2, 0.25) is 0 Å². The largest absolute Gasteiger partial charge is 0.361 e. The first-order valence-electron chi connectivity index (χ1n) is 9.13. The van der Waals surface area contributed by atoms with Crippen molar-refractivity contribution in [1.82, 2.24) is 0 Å². The van der Waals surface area contributed by atoms with Crippen LogP contribution in [0.5, 0.6) is 0 Å². The van der Waals surface area contributed by atoms with E-state index >= 15 is 0 Å². The number of Topliss-reactive ketones (excluding diaryl/α,β-unsaturated/α-hetero) is 1. The number of hydrogen-bond donors (Lipinski definition) is 0. The number of ether oxygens (including phenoxy) is 1. The molecule has 4 unspecified atom stereocenters. The Kier molecular flexibility index (Phi) is 3.16. The van der Waals surface area contributed by atoms with Crippen molar-refractivity contribution in [3.63, 3.8) is 0 Å². The van der Waals surface area contributed by atoms with Crippen molar-refractivity contribution in [2.45, 2.75) is 32.0 Å². The van der Waals surface area contributed by atoms with E-state index in [1.807, 2.05) is 12.1 Å². The molecule has 1 heterocycles. The van der Waals surface area contributed by atoms with Crippen molar-refractivity contribution < 1.29 is 9.53 Å². The lowest BCUT2D eigenvalue weighted by atomic mass is 9.69. The van der Waals surface area contributed by atoms with Gasteiger partial charge in [-0.15, -0.1) is 0 Å². The van der Waals surface area contributed by atoms with Gasteiger partial charge in [-0.3, -0.25) is 4.79 Å². The van der Waals surface area contributed by atoms with Gasteiger partial charge in [-0.1, -0.05) is 74.5 Å². The van der Waals surface area contributed by atoms with Crippen molar-refractivity contribution in [3.05, 3.63) is 60.7 Å². The highest BCUT2D eigenvalue weighted by molar-refractivity contribution is 7.75. The number of carbonyl (C=O) groups excluding carboxylic acids is 1. The van der Waals surface area contributed by atoms with Crippen LogP contribution in [0.1, 0.15) is 26.7 Å². The molecule has 128 valence electrons. The second kappa shape index (κ2) is 5.02. The number of rotatable bonds is 3. The fraction of sp³-hybridized carbons (Fsp3) is 0.409. The molecule has 2 aromatic rings. The minimum absolute atomic E-state index is 0.00573. The van der Waals surface area contributed by atoms with Crippen LogP contribution in [0.3, 0.4) is 0 Å². The second-order valence-electron chi connectivity index (χ2n) is 8.16. The summed E-state index contributed by atoms with van der Waals surface area (Å²) in [6.45, 7) is 5.21. The summed E-state index contributed by atoms with van der Waals surface area (Å²) in [6, 6.07) is 21.1. The summed E-state index contributed by atoms with van der Waals surface area (Å²) in [5.41, 5.74) is -0.228. The van der Waals surface area contributed by atoms with Crippen LogP contribution in [0, 0.1) is 16.7 Å². The summed E-state index contributed by atoms with van der Waals surface area (Å²) in [6.07, 6.45) is 2.13. The molecular formula is C22H23O2P. The Morgan fingerprint density at radius 3 is 2.00 bits per heavy atom.